The fourth-order valence-corrected chi connectivity index (χ4v) is 2.46. The predicted octanol–water partition coefficient (Wildman–Crippen LogP) is 1.18. The number of amides is 2. The maximum Gasteiger partial charge on any atom is 0.278 e. The van der Waals surface area contributed by atoms with Crippen molar-refractivity contribution in [3.63, 3.8) is 0 Å². The molecule has 0 aliphatic rings. The maximum absolute atomic E-state index is 12.4. The lowest BCUT2D eigenvalue weighted by molar-refractivity contribution is -0.117. The largest absolute Gasteiger partial charge is 0.352 e. The molecule has 2 aromatic carbocycles. The Bertz CT molecular complexity index is 1030. The van der Waals surface area contributed by atoms with Crippen LogP contribution in [0.1, 0.15) is 17.3 Å². The quantitative estimate of drug-likeness (QED) is 0.718. The van der Waals surface area contributed by atoms with Crippen LogP contribution < -0.4 is 16.2 Å². The average molecular weight is 351 g/mol. The summed E-state index contributed by atoms with van der Waals surface area (Å²) in [6, 6.07) is 13.4. The summed E-state index contributed by atoms with van der Waals surface area (Å²) < 4.78 is 1.01. The Balaban J connectivity index is 1.75. The van der Waals surface area contributed by atoms with Gasteiger partial charge in [-0.25, -0.2) is 4.68 Å². The fraction of sp³-hybridized carbons (Fsp3) is 0.167. The van der Waals surface area contributed by atoms with Crippen molar-refractivity contribution in [1.82, 2.24) is 20.3 Å². The minimum atomic E-state index is -0.440. The van der Waals surface area contributed by atoms with Crippen LogP contribution >= 0.6 is 0 Å². The minimum Gasteiger partial charge on any atom is -0.352 e. The Morgan fingerprint density at radius 1 is 1.12 bits per heavy atom. The van der Waals surface area contributed by atoms with E-state index in [0.29, 0.717) is 28.7 Å². The van der Waals surface area contributed by atoms with Gasteiger partial charge < -0.3 is 10.6 Å². The van der Waals surface area contributed by atoms with Gasteiger partial charge in [0.15, 0.2) is 0 Å². The monoisotopic (exact) mass is 351 g/mol. The number of rotatable bonds is 5. The molecule has 8 nitrogen and oxygen atoms in total. The Labute approximate surface area is 148 Å². The van der Waals surface area contributed by atoms with Crippen molar-refractivity contribution in [3.8, 4) is 0 Å². The standard InChI is InChI=1S/C18H17N5O3/c1-2-19-17(25)12-6-5-7-13(10-12)20-16(24)11-23-18(26)14-8-3-4-9-15(14)21-22-23/h3-10H,2,11H2,1H3,(H,19,25)(H,20,24). The van der Waals surface area contributed by atoms with E-state index in [1.807, 2.05) is 6.92 Å². The van der Waals surface area contributed by atoms with E-state index >= 15 is 0 Å². The zero-order valence-corrected chi connectivity index (χ0v) is 14.1. The van der Waals surface area contributed by atoms with Crippen LogP contribution in [0.3, 0.4) is 0 Å². The SMILES string of the molecule is CCNC(=O)c1cccc(NC(=O)Cn2nnc3ccccc3c2=O)c1. The fourth-order valence-electron chi connectivity index (χ4n) is 2.46. The number of anilines is 1. The number of fused-ring (bicyclic) bond motifs is 1. The van der Waals surface area contributed by atoms with Gasteiger partial charge in [0.25, 0.3) is 11.5 Å². The lowest BCUT2D eigenvalue weighted by Gasteiger charge is -2.08. The summed E-state index contributed by atoms with van der Waals surface area (Å²) in [5.74, 6) is -0.662. The van der Waals surface area contributed by atoms with Crippen molar-refractivity contribution in [2.24, 2.45) is 0 Å². The van der Waals surface area contributed by atoms with Gasteiger partial charge in [0.2, 0.25) is 5.91 Å². The molecule has 26 heavy (non-hydrogen) atoms. The van der Waals surface area contributed by atoms with Gasteiger partial charge in [-0.1, -0.05) is 23.4 Å². The molecule has 0 saturated heterocycles. The van der Waals surface area contributed by atoms with E-state index in [-0.39, 0.29) is 18.0 Å². The molecule has 3 aromatic rings. The van der Waals surface area contributed by atoms with Gasteiger partial charge in [-0.15, -0.1) is 5.10 Å². The first-order valence-electron chi connectivity index (χ1n) is 8.09. The number of nitrogens with zero attached hydrogens (tertiary/aromatic N) is 3. The molecule has 3 rings (SSSR count). The predicted molar refractivity (Wildman–Crippen MR) is 96.9 cm³/mol. The summed E-state index contributed by atoms with van der Waals surface area (Å²) in [5, 5.41) is 13.5. The third-order valence-corrected chi connectivity index (χ3v) is 3.67. The first-order valence-corrected chi connectivity index (χ1v) is 8.09. The Hall–Kier alpha value is -3.55. The molecule has 2 N–H and O–H groups in total. The highest BCUT2D eigenvalue weighted by molar-refractivity contribution is 5.97. The Kier molecular flexibility index (Phi) is 5.02. The topological polar surface area (TPSA) is 106 Å². The van der Waals surface area contributed by atoms with E-state index in [0.717, 1.165) is 4.68 Å². The molecule has 0 bridgehead atoms. The number of nitrogens with one attached hydrogen (secondary N) is 2. The van der Waals surface area contributed by atoms with Crippen LogP contribution in [0.2, 0.25) is 0 Å². The molecule has 0 saturated carbocycles. The van der Waals surface area contributed by atoms with Gasteiger partial charge in [0.05, 0.1) is 5.39 Å². The van der Waals surface area contributed by atoms with Crippen molar-refractivity contribution in [2.75, 3.05) is 11.9 Å². The number of benzene rings is 2. The third-order valence-electron chi connectivity index (χ3n) is 3.67. The lowest BCUT2D eigenvalue weighted by atomic mass is 10.2. The van der Waals surface area contributed by atoms with E-state index in [9.17, 15) is 14.4 Å². The first-order chi connectivity index (χ1) is 12.6. The molecule has 2 amide bonds. The van der Waals surface area contributed by atoms with Crippen LogP contribution in [0, 0.1) is 0 Å². The second-order valence-electron chi connectivity index (χ2n) is 5.56. The van der Waals surface area contributed by atoms with Gasteiger partial charge in [-0.05, 0) is 37.3 Å². The van der Waals surface area contributed by atoms with Gasteiger partial charge in [0, 0.05) is 17.8 Å². The van der Waals surface area contributed by atoms with Crippen molar-refractivity contribution in [3.05, 3.63) is 64.4 Å². The maximum atomic E-state index is 12.4. The summed E-state index contributed by atoms with van der Waals surface area (Å²) >= 11 is 0. The molecule has 0 aliphatic heterocycles. The van der Waals surface area contributed by atoms with Crippen LogP contribution in [0.4, 0.5) is 5.69 Å². The smallest absolute Gasteiger partial charge is 0.278 e. The van der Waals surface area contributed by atoms with Crippen molar-refractivity contribution < 1.29 is 9.59 Å². The van der Waals surface area contributed by atoms with Gasteiger partial charge in [-0.3, -0.25) is 14.4 Å². The molecular weight excluding hydrogens is 334 g/mol. The molecule has 0 fully saturated rings. The molecule has 0 unspecified atom stereocenters. The highest BCUT2D eigenvalue weighted by Crippen LogP contribution is 2.11. The lowest BCUT2D eigenvalue weighted by Crippen LogP contribution is -2.30. The van der Waals surface area contributed by atoms with Crippen molar-refractivity contribution >= 4 is 28.4 Å². The van der Waals surface area contributed by atoms with Gasteiger partial charge in [0.1, 0.15) is 12.1 Å². The number of hydrogen-bond acceptors (Lipinski definition) is 5. The van der Waals surface area contributed by atoms with E-state index in [2.05, 4.69) is 20.9 Å². The second-order valence-corrected chi connectivity index (χ2v) is 5.56. The first kappa shape index (κ1) is 17.3. The Morgan fingerprint density at radius 2 is 1.92 bits per heavy atom. The van der Waals surface area contributed by atoms with Crippen molar-refractivity contribution in [2.45, 2.75) is 13.5 Å². The molecule has 1 heterocycles. The molecule has 1 aromatic heterocycles. The van der Waals surface area contributed by atoms with Crippen LogP contribution in [-0.2, 0) is 11.3 Å². The van der Waals surface area contributed by atoms with Crippen molar-refractivity contribution in [1.29, 1.82) is 0 Å². The number of aromatic nitrogens is 3. The molecule has 132 valence electrons. The summed E-state index contributed by atoms with van der Waals surface area (Å²) in [5.41, 5.74) is 0.985. The summed E-state index contributed by atoms with van der Waals surface area (Å²) in [4.78, 5) is 36.5. The summed E-state index contributed by atoms with van der Waals surface area (Å²) in [6.45, 7) is 2.06. The van der Waals surface area contributed by atoms with E-state index in [1.54, 1.807) is 48.5 Å². The Morgan fingerprint density at radius 3 is 2.73 bits per heavy atom. The van der Waals surface area contributed by atoms with Crippen LogP contribution in [0.15, 0.2) is 53.3 Å². The summed E-state index contributed by atoms with van der Waals surface area (Å²) in [7, 11) is 0. The van der Waals surface area contributed by atoms with E-state index in [4.69, 9.17) is 0 Å². The molecule has 0 radical (unpaired) electrons. The minimum absolute atomic E-state index is 0.222. The van der Waals surface area contributed by atoms with Gasteiger partial charge in [-0.2, -0.15) is 0 Å². The highest BCUT2D eigenvalue weighted by Gasteiger charge is 2.11. The zero-order chi connectivity index (χ0) is 18.5. The van der Waals surface area contributed by atoms with Crippen LogP contribution in [0.25, 0.3) is 10.9 Å². The van der Waals surface area contributed by atoms with E-state index in [1.165, 1.54) is 0 Å². The zero-order valence-electron chi connectivity index (χ0n) is 14.1. The molecule has 0 spiro atoms. The number of hydrogen-bond donors (Lipinski definition) is 2. The second kappa shape index (κ2) is 7.56. The van der Waals surface area contributed by atoms with Crippen LogP contribution in [0.5, 0.6) is 0 Å². The highest BCUT2D eigenvalue weighted by atomic mass is 16.2. The van der Waals surface area contributed by atoms with E-state index < -0.39 is 5.91 Å². The number of carbonyl (C=O) groups excluding carboxylic acids is 2. The average Bonchev–Trinajstić information content (AvgIpc) is 2.64. The third kappa shape index (κ3) is 3.75. The molecule has 0 aliphatic carbocycles. The molecular formula is C18H17N5O3. The normalized spacial score (nSPS) is 10.5. The van der Waals surface area contributed by atoms with Crippen LogP contribution in [-0.4, -0.2) is 33.4 Å². The molecule has 0 atom stereocenters. The summed E-state index contributed by atoms with van der Waals surface area (Å²) in [6.07, 6.45) is 0. The van der Waals surface area contributed by atoms with Gasteiger partial charge >= 0.3 is 0 Å². The molecule has 8 heteroatoms. The number of carbonyl (C=O) groups is 2.